The maximum absolute atomic E-state index is 6.26. The Morgan fingerprint density at radius 1 is 1.11 bits per heavy atom. The number of rotatable bonds is 4. The highest BCUT2D eigenvalue weighted by atomic mass is 35.5. The van der Waals surface area contributed by atoms with Gasteiger partial charge in [-0.15, -0.1) is 0 Å². The quantitative estimate of drug-likeness (QED) is 0.907. The average Bonchev–Trinajstić information content (AvgIpc) is 2.40. The molecule has 2 rings (SSSR count). The zero-order valence-electron chi connectivity index (χ0n) is 11.5. The molecule has 3 nitrogen and oxygen atoms in total. The number of aromatic nitrogens is 2. The lowest BCUT2D eigenvalue weighted by atomic mass is 10.1. The first-order valence-electron chi connectivity index (χ1n) is 6.47. The SMILES string of the molecule is CCCNc1nc(C)c(C)nc1-c1ccccc1Cl. The Labute approximate surface area is 119 Å². The Balaban J connectivity index is 2.54. The maximum atomic E-state index is 6.26. The van der Waals surface area contributed by atoms with Crippen molar-refractivity contribution in [3.05, 3.63) is 40.7 Å². The molecule has 0 fully saturated rings. The third-order valence-electron chi connectivity index (χ3n) is 2.98. The van der Waals surface area contributed by atoms with Crippen LogP contribution in [0.4, 0.5) is 5.82 Å². The minimum Gasteiger partial charge on any atom is -0.368 e. The molecule has 0 saturated heterocycles. The zero-order chi connectivity index (χ0) is 13.8. The molecule has 1 heterocycles. The van der Waals surface area contributed by atoms with E-state index in [-0.39, 0.29) is 0 Å². The summed E-state index contributed by atoms with van der Waals surface area (Å²) >= 11 is 6.26. The second-order valence-corrected chi connectivity index (χ2v) is 4.91. The minimum atomic E-state index is 0.694. The number of halogens is 1. The smallest absolute Gasteiger partial charge is 0.152 e. The van der Waals surface area contributed by atoms with Crippen molar-refractivity contribution in [2.45, 2.75) is 27.2 Å². The van der Waals surface area contributed by atoms with Crippen LogP contribution in [0.3, 0.4) is 0 Å². The Hall–Kier alpha value is -1.61. The van der Waals surface area contributed by atoms with Crippen molar-refractivity contribution in [1.82, 2.24) is 9.97 Å². The van der Waals surface area contributed by atoms with E-state index in [1.165, 1.54) is 0 Å². The molecule has 100 valence electrons. The number of anilines is 1. The minimum absolute atomic E-state index is 0.694. The molecule has 0 unspecified atom stereocenters. The van der Waals surface area contributed by atoms with Crippen LogP contribution in [-0.4, -0.2) is 16.5 Å². The lowest BCUT2D eigenvalue weighted by Gasteiger charge is -2.13. The van der Waals surface area contributed by atoms with Gasteiger partial charge < -0.3 is 5.32 Å². The lowest BCUT2D eigenvalue weighted by Crippen LogP contribution is -2.07. The monoisotopic (exact) mass is 275 g/mol. The van der Waals surface area contributed by atoms with Crippen molar-refractivity contribution in [2.24, 2.45) is 0 Å². The average molecular weight is 276 g/mol. The number of benzene rings is 1. The van der Waals surface area contributed by atoms with Crippen molar-refractivity contribution in [1.29, 1.82) is 0 Å². The topological polar surface area (TPSA) is 37.8 Å². The van der Waals surface area contributed by atoms with E-state index < -0.39 is 0 Å². The van der Waals surface area contributed by atoms with Crippen LogP contribution >= 0.6 is 11.6 Å². The van der Waals surface area contributed by atoms with E-state index in [0.717, 1.165) is 41.4 Å². The Kier molecular flexibility index (Phi) is 4.38. The van der Waals surface area contributed by atoms with Gasteiger partial charge in [-0.05, 0) is 26.3 Å². The molecule has 1 N–H and O–H groups in total. The number of hydrogen-bond donors (Lipinski definition) is 1. The van der Waals surface area contributed by atoms with Crippen LogP contribution in [0.2, 0.25) is 5.02 Å². The van der Waals surface area contributed by atoms with Gasteiger partial charge >= 0.3 is 0 Å². The summed E-state index contributed by atoms with van der Waals surface area (Å²) in [6, 6.07) is 7.72. The fraction of sp³-hybridized carbons (Fsp3) is 0.333. The number of aryl methyl sites for hydroxylation is 2. The van der Waals surface area contributed by atoms with Crippen molar-refractivity contribution >= 4 is 17.4 Å². The van der Waals surface area contributed by atoms with E-state index in [0.29, 0.717) is 5.02 Å². The summed E-state index contributed by atoms with van der Waals surface area (Å²) in [5.74, 6) is 0.804. The molecule has 1 aromatic carbocycles. The Morgan fingerprint density at radius 3 is 2.47 bits per heavy atom. The number of hydrogen-bond acceptors (Lipinski definition) is 3. The molecule has 1 aromatic heterocycles. The van der Waals surface area contributed by atoms with Crippen LogP contribution in [0.1, 0.15) is 24.7 Å². The van der Waals surface area contributed by atoms with Crippen LogP contribution in [-0.2, 0) is 0 Å². The largest absolute Gasteiger partial charge is 0.368 e. The van der Waals surface area contributed by atoms with Gasteiger partial charge in [-0.25, -0.2) is 9.97 Å². The molecule has 19 heavy (non-hydrogen) atoms. The predicted molar refractivity (Wildman–Crippen MR) is 80.7 cm³/mol. The highest BCUT2D eigenvalue weighted by molar-refractivity contribution is 6.33. The number of nitrogens with zero attached hydrogens (tertiary/aromatic N) is 2. The van der Waals surface area contributed by atoms with E-state index in [9.17, 15) is 0 Å². The first kappa shape index (κ1) is 13.8. The summed E-state index contributed by atoms with van der Waals surface area (Å²) in [5.41, 5.74) is 3.60. The molecular formula is C15H18ClN3. The van der Waals surface area contributed by atoms with Crippen LogP contribution in [0.25, 0.3) is 11.3 Å². The third-order valence-corrected chi connectivity index (χ3v) is 3.31. The first-order valence-corrected chi connectivity index (χ1v) is 6.85. The summed E-state index contributed by atoms with van der Waals surface area (Å²) in [7, 11) is 0. The molecule has 0 spiro atoms. The molecule has 0 radical (unpaired) electrons. The van der Waals surface area contributed by atoms with Crippen molar-refractivity contribution in [3.63, 3.8) is 0 Å². The molecule has 0 aliphatic heterocycles. The number of nitrogens with one attached hydrogen (secondary N) is 1. The van der Waals surface area contributed by atoms with Gasteiger partial charge in [0.1, 0.15) is 5.69 Å². The van der Waals surface area contributed by atoms with Crippen LogP contribution < -0.4 is 5.32 Å². The molecule has 0 bridgehead atoms. The maximum Gasteiger partial charge on any atom is 0.152 e. The van der Waals surface area contributed by atoms with E-state index in [2.05, 4.69) is 22.2 Å². The second kappa shape index (κ2) is 6.02. The van der Waals surface area contributed by atoms with Gasteiger partial charge in [0.25, 0.3) is 0 Å². The second-order valence-electron chi connectivity index (χ2n) is 4.50. The lowest BCUT2D eigenvalue weighted by molar-refractivity contribution is 0.953. The van der Waals surface area contributed by atoms with E-state index in [1.807, 2.05) is 38.1 Å². The van der Waals surface area contributed by atoms with E-state index >= 15 is 0 Å². The van der Waals surface area contributed by atoms with Crippen LogP contribution in [0, 0.1) is 13.8 Å². The zero-order valence-corrected chi connectivity index (χ0v) is 12.3. The van der Waals surface area contributed by atoms with Crippen LogP contribution in [0.5, 0.6) is 0 Å². The first-order chi connectivity index (χ1) is 9.13. The molecule has 2 aromatic rings. The molecule has 0 aliphatic carbocycles. The van der Waals surface area contributed by atoms with Crippen LogP contribution in [0.15, 0.2) is 24.3 Å². The summed E-state index contributed by atoms with van der Waals surface area (Å²) in [6.45, 7) is 6.92. The normalized spacial score (nSPS) is 10.5. The van der Waals surface area contributed by atoms with E-state index in [4.69, 9.17) is 11.6 Å². The van der Waals surface area contributed by atoms with Crippen molar-refractivity contribution in [3.8, 4) is 11.3 Å². The van der Waals surface area contributed by atoms with Gasteiger partial charge in [0, 0.05) is 12.1 Å². The fourth-order valence-electron chi connectivity index (χ4n) is 1.81. The standard InChI is InChI=1S/C15H18ClN3/c1-4-9-17-15-14(18-10(2)11(3)19-15)12-7-5-6-8-13(12)16/h5-8H,4,9H2,1-3H3,(H,17,19). The van der Waals surface area contributed by atoms with Gasteiger partial charge in [-0.2, -0.15) is 0 Å². The summed E-state index contributed by atoms with van der Waals surface area (Å²) in [5, 5.41) is 4.02. The molecule has 0 aliphatic rings. The van der Waals surface area contributed by atoms with Gasteiger partial charge in [0.05, 0.1) is 16.4 Å². The van der Waals surface area contributed by atoms with Crippen molar-refractivity contribution in [2.75, 3.05) is 11.9 Å². The molecule has 0 saturated carbocycles. The van der Waals surface area contributed by atoms with Gasteiger partial charge in [0.15, 0.2) is 5.82 Å². The molecule has 4 heteroatoms. The van der Waals surface area contributed by atoms with Gasteiger partial charge in [-0.1, -0.05) is 36.7 Å². The van der Waals surface area contributed by atoms with Gasteiger partial charge in [0.2, 0.25) is 0 Å². The highest BCUT2D eigenvalue weighted by Crippen LogP contribution is 2.31. The molecule has 0 amide bonds. The molecular weight excluding hydrogens is 258 g/mol. The van der Waals surface area contributed by atoms with Crippen molar-refractivity contribution < 1.29 is 0 Å². The summed E-state index contributed by atoms with van der Waals surface area (Å²) in [6.07, 6.45) is 1.04. The van der Waals surface area contributed by atoms with Gasteiger partial charge in [-0.3, -0.25) is 0 Å². The fourth-order valence-corrected chi connectivity index (χ4v) is 2.04. The summed E-state index contributed by atoms with van der Waals surface area (Å²) in [4.78, 5) is 9.24. The Bertz CT molecular complexity index is 582. The summed E-state index contributed by atoms with van der Waals surface area (Å²) < 4.78 is 0. The van der Waals surface area contributed by atoms with E-state index in [1.54, 1.807) is 0 Å². The Morgan fingerprint density at radius 2 is 1.79 bits per heavy atom. The third kappa shape index (κ3) is 3.04. The molecule has 0 atom stereocenters. The predicted octanol–water partition coefficient (Wildman–Crippen LogP) is 4.24. The highest BCUT2D eigenvalue weighted by Gasteiger charge is 2.13.